The van der Waals surface area contributed by atoms with Gasteiger partial charge in [-0.15, -0.1) is 0 Å². The number of para-hydroxylation sites is 3. The normalized spacial score (nSPS) is 11.1. The Labute approximate surface area is 188 Å². The number of hydrogen-bond acceptors (Lipinski definition) is 6. The second-order valence-corrected chi connectivity index (χ2v) is 7.80. The average molecular weight is 446 g/mol. The van der Waals surface area contributed by atoms with Crippen molar-refractivity contribution in [2.24, 2.45) is 5.10 Å². The van der Waals surface area contributed by atoms with Gasteiger partial charge in [0.2, 0.25) is 0 Å². The second kappa shape index (κ2) is 9.88. The molecule has 1 aromatic heterocycles. The first-order valence-corrected chi connectivity index (χ1v) is 10.8. The molecule has 4 rings (SSSR count). The molecule has 0 unspecified atom stereocenters. The molecule has 3 aromatic carbocycles. The van der Waals surface area contributed by atoms with E-state index in [2.05, 4.69) is 20.1 Å². The molecule has 1 amide bonds. The maximum Gasteiger partial charge on any atom is 0.278 e. The number of carbonyl (C=O) groups is 1. The van der Waals surface area contributed by atoms with Crippen LogP contribution >= 0.6 is 11.8 Å². The fraction of sp³-hybridized carbons (Fsp3) is 0.0870. The van der Waals surface area contributed by atoms with E-state index in [0.29, 0.717) is 12.1 Å². The van der Waals surface area contributed by atoms with Crippen LogP contribution in [0.5, 0.6) is 0 Å². The maximum absolute atomic E-state index is 12.3. The summed E-state index contributed by atoms with van der Waals surface area (Å²) in [5.41, 5.74) is 5.65. The molecule has 0 fully saturated rings. The predicted octanol–water partition coefficient (Wildman–Crippen LogP) is 4.24. The van der Waals surface area contributed by atoms with E-state index in [0.717, 1.165) is 21.8 Å². The summed E-state index contributed by atoms with van der Waals surface area (Å²) in [4.78, 5) is 27.5. The summed E-state index contributed by atoms with van der Waals surface area (Å²) in [5.74, 6) is -0.227. The van der Waals surface area contributed by atoms with Gasteiger partial charge in [-0.05, 0) is 23.8 Å². The number of benzene rings is 3. The number of nitro benzene ring substituents is 1. The van der Waals surface area contributed by atoms with Crippen molar-refractivity contribution in [3.05, 3.63) is 100 Å². The molecule has 0 bridgehead atoms. The highest BCUT2D eigenvalue weighted by Crippen LogP contribution is 2.25. The minimum Gasteiger partial charge on any atom is -0.314 e. The lowest BCUT2D eigenvalue weighted by Crippen LogP contribution is -2.20. The van der Waals surface area contributed by atoms with Gasteiger partial charge in [-0.25, -0.2) is 10.4 Å². The van der Waals surface area contributed by atoms with Crippen LogP contribution in [0.25, 0.3) is 11.0 Å². The molecule has 32 heavy (non-hydrogen) atoms. The van der Waals surface area contributed by atoms with Crippen molar-refractivity contribution in [1.82, 2.24) is 15.0 Å². The number of nitro groups is 1. The molecule has 0 aliphatic heterocycles. The van der Waals surface area contributed by atoms with Gasteiger partial charge in [0.25, 0.3) is 11.6 Å². The zero-order chi connectivity index (χ0) is 22.3. The van der Waals surface area contributed by atoms with E-state index in [4.69, 9.17) is 0 Å². The first kappa shape index (κ1) is 21.3. The van der Waals surface area contributed by atoms with Crippen LogP contribution in [0.4, 0.5) is 5.69 Å². The zero-order valence-electron chi connectivity index (χ0n) is 16.9. The van der Waals surface area contributed by atoms with Gasteiger partial charge in [0.1, 0.15) is 0 Å². The van der Waals surface area contributed by atoms with Crippen LogP contribution in [0.1, 0.15) is 11.1 Å². The number of rotatable bonds is 8. The number of hydrogen-bond donors (Lipinski definition) is 1. The smallest absolute Gasteiger partial charge is 0.278 e. The summed E-state index contributed by atoms with van der Waals surface area (Å²) in [6, 6.07) is 24.1. The van der Waals surface area contributed by atoms with E-state index in [1.54, 1.807) is 18.2 Å². The SMILES string of the molecule is O=C(CSc1nc2ccccc2n1Cc1ccccc1)N/N=C/c1ccccc1[N+](=O)[O-]. The molecule has 1 N–H and O–H groups in total. The zero-order valence-corrected chi connectivity index (χ0v) is 17.7. The van der Waals surface area contributed by atoms with Crippen molar-refractivity contribution < 1.29 is 9.72 Å². The third-order valence-electron chi connectivity index (χ3n) is 4.66. The fourth-order valence-electron chi connectivity index (χ4n) is 3.18. The van der Waals surface area contributed by atoms with Crippen molar-refractivity contribution in [2.45, 2.75) is 11.7 Å². The molecule has 0 radical (unpaired) electrons. The number of nitrogens with one attached hydrogen (secondary N) is 1. The molecule has 0 aliphatic carbocycles. The molecule has 0 aliphatic rings. The first-order valence-electron chi connectivity index (χ1n) is 9.79. The molecule has 4 aromatic rings. The Morgan fingerprint density at radius 1 is 1.06 bits per heavy atom. The van der Waals surface area contributed by atoms with Gasteiger partial charge in [0, 0.05) is 6.07 Å². The van der Waals surface area contributed by atoms with E-state index < -0.39 is 4.92 Å². The minimum absolute atomic E-state index is 0.0745. The Hall–Kier alpha value is -3.98. The van der Waals surface area contributed by atoms with E-state index in [9.17, 15) is 14.9 Å². The predicted molar refractivity (Wildman–Crippen MR) is 125 cm³/mol. The average Bonchev–Trinajstić information content (AvgIpc) is 3.16. The molecule has 8 nitrogen and oxygen atoms in total. The van der Waals surface area contributed by atoms with Crippen molar-refractivity contribution in [3.63, 3.8) is 0 Å². The lowest BCUT2D eigenvalue weighted by Gasteiger charge is -2.09. The molecular formula is C23H19N5O3S. The standard InChI is InChI=1S/C23H19N5O3S/c29-22(26-24-14-18-10-4-6-12-20(18)28(30)31)16-32-23-25-19-11-5-7-13-21(19)27(23)15-17-8-2-1-3-9-17/h1-14H,15-16H2,(H,26,29)/b24-14+. The summed E-state index contributed by atoms with van der Waals surface area (Å²) >= 11 is 1.31. The molecule has 0 atom stereocenters. The minimum atomic E-state index is -0.490. The van der Waals surface area contributed by atoms with Crippen molar-refractivity contribution in [1.29, 1.82) is 0 Å². The van der Waals surface area contributed by atoms with E-state index in [1.165, 1.54) is 24.0 Å². The first-order chi connectivity index (χ1) is 15.6. The van der Waals surface area contributed by atoms with Crippen molar-refractivity contribution >= 4 is 40.6 Å². The van der Waals surface area contributed by atoms with Crippen LogP contribution in [-0.2, 0) is 11.3 Å². The largest absolute Gasteiger partial charge is 0.314 e. The van der Waals surface area contributed by atoms with E-state index in [-0.39, 0.29) is 17.3 Å². The summed E-state index contributed by atoms with van der Waals surface area (Å²) in [6.45, 7) is 0.640. The molecule has 9 heteroatoms. The number of aromatic nitrogens is 2. The molecule has 0 saturated carbocycles. The summed E-state index contributed by atoms with van der Waals surface area (Å²) in [7, 11) is 0. The maximum atomic E-state index is 12.3. The second-order valence-electron chi connectivity index (χ2n) is 6.85. The number of thioether (sulfide) groups is 1. The van der Waals surface area contributed by atoms with Gasteiger partial charge in [-0.1, -0.05) is 66.4 Å². The van der Waals surface area contributed by atoms with Gasteiger partial charge >= 0.3 is 0 Å². The molecule has 0 saturated heterocycles. The van der Waals surface area contributed by atoms with Crippen LogP contribution in [0, 0.1) is 10.1 Å². The van der Waals surface area contributed by atoms with Crippen LogP contribution in [0.2, 0.25) is 0 Å². The highest BCUT2D eigenvalue weighted by Gasteiger charge is 2.14. The number of hydrazone groups is 1. The van der Waals surface area contributed by atoms with E-state index in [1.807, 2.05) is 54.6 Å². The summed E-state index contributed by atoms with van der Waals surface area (Å²) < 4.78 is 2.08. The van der Waals surface area contributed by atoms with Gasteiger partial charge in [-0.2, -0.15) is 5.10 Å². The Morgan fingerprint density at radius 3 is 2.59 bits per heavy atom. The number of imidazole rings is 1. The molecule has 160 valence electrons. The highest BCUT2D eigenvalue weighted by molar-refractivity contribution is 7.99. The van der Waals surface area contributed by atoms with Gasteiger partial charge in [0.15, 0.2) is 5.16 Å². The molecule has 1 heterocycles. The Kier molecular flexibility index (Phi) is 6.57. The highest BCUT2D eigenvalue weighted by atomic mass is 32.2. The topological polar surface area (TPSA) is 102 Å². The van der Waals surface area contributed by atoms with Crippen LogP contribution in [0.3, 0.4) is 0 Å². The Morgan fingerprint density at radius 2 is 1.78 bits per heavy atom. The van der Waals surface area contributed by atoms with Gasteiger partial charge in [0.05, 0.1) is 40.0 Å². The van der Waals surface area contributed by atoms with E-state index >= 15 is 0 Å². The number of amides is 1. The number of fused-ring (bicyclic) bond motifs is 1. The third kappa shape index (κ3) is 5.01. The quantitative estimate of drug-likeness (QED) is 0.189. The van der Waals surface area contributed by atoms with Gasteiger partial charge in [-0.3, -0.25) is 14.9 Å². The van der Waals surface area contributed by atoms with Crippen LogP contribution in [-0.4, -0.2) is 32.3 Å². The van der Waals surface area contributed by atoms with Gasteiger partial charge < -0.3 is 4.57 Å². The monoisotopic (exact) mass is 445 g/mol. The summed E-state index contributed by atoms with van der Waals surface area (Å²) in [6.07, 6.45) is 1.27. The summed E-state index contributed by atoms with van der Waals surface area (Å²) in [5, 5.41) is 15.6. The van der Waals surface area contributed by atoms with Crippen molar-refractivity contribution in [3.8, 4) is 0 Å². The lowest BCUT2D eigenvalue weighted by molar-refractivity contribution is -0.385. The number of carbonyl (C=O) groups excluding carboxylic acids is 1. The van der Waals surface area contributed by atoms with Crippen LogP contribution in [0.15, 0.2) is 89.1 Å². The molecular weight excluding hydrogens is 426 g/mol. The fourth-order valence-corrected chi connectivity index (χ4v) is 3.99. The Balaban J connectivity index is 1.44. The van der Waals surface area contributed by atoms with Crippen LogP contribution < -0.4 is 5.43 Å². The van der Waals surface area contributed by atoms with Crippen molar-refractivity contribution in [2.75, 3.05) is 5.75 Å². The third-order valence-corrected chi connectivity index (χ3v) is 5.64. The Bertz CT molecular complexity index is 1290. The lowest BCUT2D eigenvalue weighted by atomic mass is 10.2. The number of nitrogens with zero attached hydrogens (tertiary/aromatic N) is 4. The molecule has 0 spiro atoms.